The molecule has 114 valence electrons. The lowest BCUT2D eigenvalue weighted by molar-refractivity contribution is -0.123. The molecule has 1 atom stereocenters. The van der Waals surface area contributed by atoms with Gasteiger partial charge in [0, 0.05) is 35.6 Å². The molecule has 1 aliphatic rings. The predicted molar refractivity (Wildman–Crippen MR) is 85.7 cm³/mol. The van der Waals surface area contributed by atoms with Crippen LogP contribution in [0.4, 0.5) is 11.4 Å². The number of carbonyl (C=O) groups excluding carboxylic acids is 2. The summed E-state index contributed by atoms with van der Waals surface area (Å²) in [6, 6.07) is 7.35. The van der Waals surface area contributed by atoms with Crippen molar-refractivity contribution in [2.24, 2.45) is 11.3 Å². The largest absolute Gasteiger partial charge is 0.326 e. The number of hydrogen-bond donors (Lipinski definition) is 1. The summed E-state index contributed by atoms with van der Waals surface area (Å²) in [5, 5.41) is 2.87. The third-order valence-electron chi connectivity index (χ3n) is 3.54. The summed E-state index contributed by atoms with van der Waals surface area (Å²) in [4.78, 5) is 25.6. The Morgan fingerprint density at radius 1 is 1.33 bits per heavy atom. The number of halogens is 1. The minimum absolute atomic E-state index is 0.0327. The molecule has 0 aliphatic carbocycles. The van der Waals surface area contributed by atoms with Crippen molar-refractivity contribution in [3.8, 4) is 0 Å². The number of nitrogens with one attached hydrogen (secondary N) is 1. The van der Waals surface area contributed by atoms with Gasteiger partial charge in [-0.15, -0.1) is 11.6 Å². The van der Waals surface area contributed by atoms with Crippen LogP contribution >= 0.6 is 11.6 Å². The van der Waals surface area contributed by atoms with Gasteiger partial charge in [0.25, 0.3) is 0 Å². The maximum Gasteiger partial charge on any atom is 0.229 e. The van der Waals surface area contributed by atoms with E-state index in [2.05, 4.69) is 5.32 Å². The third kappa shape index (κ3) is 3.76. The van der Waals surface area contributed by atoms with E-state index in [9.17, 15) is 9.59 Å². The fraction of sp³-hybridized carbons (Fsp3) is 0.500. The van der Waals surface area contributed by atoms with Crippen molar-refractivity contribution < 1.29 is 9.59 Å². The van der Waals surface area contributed by atoms with Gasteiger partial charge < -0.3 is 10.2 Å². The second-order valence-electron chi connectivity index (χ2n) is 6.48. The minimum atomic E-state index is -0.433. The summed E-state index contributed by atoms with van der Waals surface area (Å²) >= 11 is 5.82. The van der Waals surface area contributed by atoms with Crippen molar-refractivity contribution in [2.75, 3.05) is 22.6 Å². The van der Waals surface area contributed by atoms with Crippen LogP contribution in [0.5, 0.6) is 0 Å². The quantitative estimate of drug-likeness (QED) is 0.871. The number of rotatable bonds is 3. The van der Waals surface area contributed by atoms with Crippen molar-refractivity contribution in [3.05, 3.63) is 24.3 Å². The first-order valence-electron chi connectivity index (χ1n) is 7.09. The summed E-state index contributed by atoms with van der Waals surface area (Å²) in [6.07, 6.45) is 0.506. The second kappa shape index (κ2) is 6.06. The molecule has 1 saturated heterocycles. The summed E-state index contributed by atoms with van der Waals surface area (Å²) in [5.41, 5.74) is 1.15. The van der Waals surface area contributed by atoms with E-state index >= 15 is 0 Å². The van der Waals surface area contributed by atoms with Gasteiger partial charge in [-0.2, -0.15) is 0 Å². The predicted octanol–water partition coefficient (Wildman–Crippen LogP) is 3.26. The first-order chi connectivity index (χ1) is 9.81. The lowest BCUT2D eigenvalue weighted by Crippen LogP contribution is -2.27. The lowest BCUT2D eigenvalue weighted by atomic mass is 9.95. The number of hydrogen-bond acceptors (Lipinski definition) is 2. The van der Waals surface area contributed by atoms with Gasteiger partial charge in [-0.25, -0.2) is 0 Å². The lowest BCUT2D eigenvalue weighted by Gasteiger charge is -2.19. The maximum atomic E-state index is 11.9. The number of anilines is 2. The van der Waals surface area contributed by atoms with Crippen molar-refractivity contribution in [2.45, 2.75) is 27.2 Å². The van der Waals surface area contributed by atoms with Gasteiger partial charge in [0.05, 0.1) is 0 Å². The normalized spacial score (nSPS) is 19.0. The molecule has 2 amide bonds. The Kier molecular flexibility index (Phi) is 4.57. The number of benzene rings is 1. The molecule has 5 heteroatoms. The fourth-order valence-corrected chi connectivity index (χ4v) is 2.38. The Balaban J connectivity index is 2.06. The van der Waals surface area contributed by atoms with Gasteiger partial charge in [-0.3, -0.25) is 9.59 Å². The van der Waals surface area contributed by atoms with E-state index in [0.29, 0.717) is 18.8 Å². The molecule has 0 spiro atoms. The van der Waals surface area contributed by atoms with Crippen LogP contribution in [0.15, 0.2) is 24.3 Å². The maximum absolute atomic E-state index is 11.9. The van der Waals surface area contributed by atoms with E-state index in [0.717, 1.165) is 11.4 Å². The molecule has 1 aliphatic heterocycles. The monoisotopic (exact) mass is 308 g/mol. The highest BCUT2D eigenvalue weighted by molar-refractivity contribution is 6.18. The Labute approximate surface area is 130 Å². The van der Waals surface area contributed by atoms with E-state index < -0.39 is 5.41 Å². The molecule has 2 rings (SSSR count). The van der Waals surface area contributed by atoms with Gasteiger partial charge >= 0.3 is 0 Å². The van der Waals surface area contributed by atoms with Gasteiger partial charge in [0.1, 0.15) is 0 Å². The molecular formula is C16H21ClN2O2. The fourth-order valence-electron chi connectivity index (χ4n) is 2.18. The summed E-state index contributed by atoms with van der Waals surface area (Å²) in [5.74, 6) is 0.795. The highest BCUT2D eigenvalue weighted by atomic mass is 35.5. The van der Waals surface area contributed by atoms with Crippen LogP contribution in [0.1, 0.15) is 27.2 Å². The van der Waals surface area contributed by atoms with E-state index in [-0.39, 0.29) is 17.7 Å². The van der Waals surface area contributed by atoms with E-state index in [4.69, 9.17) is 11.6 Å². The van der Waals surface area contributed by atoms with Gasteiger partial charge in [-0.05, 0) is 30.2 Å². The molecule has 0 saturated carbocycles. The van der Waals surface area contributed by atoms with E-state index in [1.807, 2.05) is 45.0 Å². The average molecular weight is 309 g/mol. The van der Waals surface area contributed by atoms with Crippen LogP contribution in [0.3, 0.4) is 0 Å². The molecule has 0 bridgehead atoms. The van der Waals surface area contributed by atoms with Gasteiger partial charge in [-0.1, -0.05) is 20.8 Å². The van der Waals surface area contributed by atoms with E-state index in [1.165, 1.54) is 0 Å². The Hall–Kier alpha value is -1.55. The Bertz CT molecular complexity index is 534. The zero-order valence-corrected chi connectivity index (χ0v) is 13.4. The zero-order valence-electron chi connectivity index (χ0n) is 12.6. The molecule has 21 heavy (non-hydrogen) atoms. The summed E-state index contributed by atoms with van der Waals surface area (Å²) in [7, 11) is 0. The molecule has 0 aromatic heterocycles. The summed E-state index contributed by atoms with van der Waals surface area (Å²) in [6.45, 7) is 6.26. The van der Waals surface area contributed by atoms with Crippen LogP contribution < -0.4 is 10.2 Å². The first-order valence-corrected chi connectivity index (χ1v) is 7.62. The molecule has 1 aromatic carbocycles. The van der Waals surface area contributed by atoms with Crippen molar-refractivity contribution in [1.29, 1.82) is 0 Å². The van der Waals surface area contributed by atoms with Gasteiger partial charge in [0.2, 0.25) is 11.8 Å². The third-order valence-corrected chi connectivity index (χ3v) is 3.98. The number of nitrogens with zero attached hydrogens (tertiary/aromatic N) is 1. The SMILES string of the molecule is CC(C)(C)C(=O)Nc1ccc(N2CC(CCl)CC2=O)cc1. The van der Waals surface area contributed by atoms with E-state index in [1.54, 1.807) is 4.90 Å². The molecule has 1 unspecified atom stereocenters. The zero-order chi connectivity index (χ0) is 15.6. The Morgan fingerprint density at radius 3 is 2.43 bits per heavy atom. The molecule has 4 nitrogen and oxygen atoms in total. The van der Waals surface area contributed by atoms with Crippen LogP contribution in [0.25, 0.3) is 0 Å². The second-order valence-corrected chi connectivity index (χ2v) is 6.79. The highest BCUT2D eigenvalue weighted by Crippen LogP contribution is 2.27. The number of alkyl halides is 1. The first kappa shape index (κ1) is 15.8. The van der Waals surface area contributed by atoms with Crippen molar-refractivity contribution >= 4 is 34.8 Å². The standard InChI is InChI=1S/C16H21ClN2O2/c1-16(2,3)15(21)18-12-4-6-13(7-5-12)19-10-11(9-17)8-14(19)20/h4-7,11H,8-10H2,1-3H3,(H,18,21). The summed E-state index contributed by atoms with van der Waals surface area (Å²) < 4.78 is 0. The average Bonchev–Trinajstić information content (AvgIpc) is 2.80. The molecular weight excluding hydrogens is 288 g/mol. The van der Waals surface area contributed by atoms with Crippen LogP contribution in [0, 0.1) is 11.3 Å². The smallest absolute Gasteiger partial charge is 0.229 e. The van der Waals surface area contributed by atoms with Crippen LogP contribution in [-0.2, 0) is 9.59 Å². The topological polar surface area (TPSA) is 49.4 Å². The molecule has 1 heterocycles. The van der Waals surface area contributed by atoms with Crippen LogP contribution in [-0.4, -0.2) is 24.2 Å². The number of carbonyl (C=O) groups is 2. The van der Waals surface area contributed by atoms with Crippen molar-refractivity contribution in [3.63, 3.8) is 0 Å². The Morgan fingerprint density at radius 2 is 1.95 bits per heavy atom. The molecule has 1 fully saturated rings. The molecule has 0 radical (unpaired) electrons. The highest BCUT2D eigenvalue weighted by Gasteiger charge is 2.29. The van der Waals surface area contributed by atoms with Gasteiger partial charge in [0.15, 0.2) is 0 Å². The molecule has 1 aromatic rings. The van der Waals surface area contributed by atoms with Crippen molar-refractivity contribution in [1.82, 2.24) is 0 Å². The number of amides is 2. The van der Waals surface area contributed by atoms with Crippen LogP contribution in [0.2, 0.25) is 0 Å². The molecule has 1 N–H and O–H groups in total. The minimum Gasteiger partial charge on any atom is -0.326 e.